The Bertz CT molecular complexity index is 410. The van der Waals surface area contributed by atoms with E-state index in [0.29, 0.717) is 12.0 Å². The van der Waals surface area contributed by atoms with Crippen LogP contribution >= 0.6 is 0 Å². The van der Waals surface area contributed by atoms with Crippen LogP contribution in [0.2, 0.25) is 0 Å². The Morgan fingerprint density at radius 3 is 2.44 bits per heavy atom. The molecular formula is C12H13NO3. The number of rotatable bonds is 4. The Kier molecular flexibility index (Phi) is 4.27. The smallest absolute Gasteiger partial charge is 0.352 e. The maximum absolute atomic E-state index is 11.6. The van der Waals surface area contributed by atoms with Crippen LogP contribution in [0.1, 0.15) is 23.7 Å². The largest absolute Gasteiger partial charge is 0.477 e. The summed E-state index contributed by atoms with van der Waals surface area (Å²) < 4.78 is 0. The van der Waals surface area contributed by atoms with Gasteiger partial charge in [0, 0.05) is 5.56 Å². The van der Waals surface area contributed by atoms with Crippen molar-refractivity contribution in [1.29, 1.82) is 0 Å². The van der Waals surface area contributed by atoms with Gasteiger partial charge in [-0.15, -0.1) is 0 Å². The lowest BCUT2D eigenvalue weighted by Gasteiger charge is -2.05. The van der Waals surface area contributed by atoms with Crippen molar-refractivity contribution in [3.63, 3.8) is 0 Å². The fourth-order valence-electron chi connectivity index (χ4n) is 1.18. The second-order valence-electron chi connectivity index (χ2n) is 3.15. The molecule has 0 fully saturated rings. The summed E-state index contributed by atoms with van der Waals surface area (Å²) >= 11 is 0. The summed E-state index contributed by atoms with van der Waals surface area (Å²) in [5, 5.41) is 11.2. The Hall–Kier alpha value is -2.10. The summed E-state index contributed by atoms with van der Waals surface area (Å²) in [6.07, 6.45) is 2.01. The third kappa shape index (κ3) is 3.24. The zero-order valence-corrected chi connectivity index (χ0v) is 8.93. The quantitative estimate of drug-likeness (QED) is 0.759. The average molecular weight is 219 g/mol. The van der Waals surface area contributed by atoms with Gasteiger partial charge in [0.15, 0.2) is 0 Å². The van der Waals surface area contributed by atoms with Crippen LogP contribution < -0.4 is 5.32 Å². The molecule has 0 aromatic heterocycles. The molecule has 16 heavy (non-hydrogen) atoms. The molecule has 1 rings (SSSR count). The molecule has 1 aromatic rings. The van der Waals surface area contributed by atoms with Crippen LogP contribution in [0.4, 0.5) is 0 Å². The lowest BCUT2D eigenvalue weighted by Crippen LogP contribution is -2.27. The molecule has 0 unspecified atom stereocenters. The highest BCUT2D eigenvalue weighted by Crippen LogP contribution is 2.01. The third-order valence-electron chi connectivity index (χ3n) is 1.92. The number of carboxylic acid groups (broad SMARTS) is 1. The molecule has 4 heteroatoms. The molecule has 2 N–H and O–H groups in total. The van der Waals surface area contributed by atoms with Crippen molar-refractivity contribution >= 4 is 11.9 Å². The van der Waals surface area contributed by atoms with Gasteiger partial charge in [0.05, 0.1) is 0 Å². The SMILES string of the molecule is CCC=C(NC(=O)c1ccccc1)C(=O)O. The number of hydrogen-bond donors (Lipinski definition) is 2. The molecule has 0 saturated heterocycles. The fraction of sp³-hybridized carbons (Fsp3) is 0.167. The molecule has 0 aliphatic carbocycles. The van der Waals surface area contributed by atoms with Crippen molar-refractivity contribution in [2.75, 3.05) is 0 Å². The Balaban J connectivity index is 2.78. The normalized spacial score (nSPS) is 10.9. The van der Waals surface area contributed by atoms with E-state index in [4.69, 9.17) is 5.11 Å². The van der Waals surface area contributed by atoms with E-state index in [0.717, 1.165) is 0 Å². The molecule has 0 atom stereocenters. The van der Waals surface area contributed by atoms with E-state index in [1.807, 2.05) is 0 Å². The summed E-state index contributed by atoms with van der Waals surface area (Å²) in [5.41, 5.74) is 0.349. The van der Waals surface area contributed by atoms with Gasteiger partial charge >= 0.3 is 5.97 Å². The summed E-state index contributed by atoms with van der Waals surface area (Å²) in [6, 6.07) is 8.48. The second kappa shape index (κ2) is 5.70. The maximum atomic E-state index is 11.6. The molecule has 0 radical (unpaired) electrons. The van der Waals surface area contributed by atoms with Crippen LogP contribution in [0.25, 0.3) is 0 Å². The van der Waals surface area contributed by atoms with Crippen molar-refractivity contribution in [1.82, 2.24) is 5.32 Å². The summed E-state index contributed by atoms with van der Waals surface area (Å²) in [4.78, 5) is 22.4. The van der Waals surface area contributed by atoms with Crippen molar-refractivity contribution in [2.45, 2.75) is 13.3 Å². The van der Waals surface area contributed by atoms with Crippen LogP contribution in [0.5, 0.6) is 0 Å². The minimum atomic E-state index is -1.13. The van der Waals surface area contributed by atoms with Gasteiger partial charge in [-0.3, -0.25) is 4.79 Å². The Labute approximate surface area is 93.6 Å². The first-order chi connectivity index (χ1) is 7.65. The summed E-state index contributed by atoms with van der Waals surface area (Å²) in [7, 11) is 0. The van der Waals surface area contributed by atoms with Crippen molar-refractivity contribution in [3.8, 4) is 0 Å². The van der Waals surface area contributed by atoms with Gasteiger partial charge in [-0.2, -0.15) is 0 Å². The number of nitrogens with one attached hydrogen (secondary N) is 1. The van der Waals surface area contributed by atoms with Gasteiger partial charge in [0.1, 0.15) is 5.70 Å². The summed E-state index contributed by atoms with van der Waals surface area (Å²) in [5.74, 6) is -1.55. The van der Waals surface area contributed by atoms with Crippen LogP contribution in [-0.4, -0.2) is 17.0 Å². The molecule has 0 aliphatic rings. The fourth-order valence-corrected chi connectivity index (χ4v) is 1.18. The number of carbonyl (C=O) groups excluding carboxylic acids is 1. The number of allylic oxidation sites excluding steroid dienone is 1. The monoisotopic (exact) mass is 219 g/mol. The minimum absolute atomic E-state index is 0.0867. The van der Waals surface area contributed by atoms with Crippen LogP contribution in [-0.2, 0) is 4.79 Å². The molecule has 0 bridgehead atoms. The van der Waals surface area contributed by atoms with Crippen molar-refractivity contribution < 1.29 is 14.7 Å². The van der Waals surface area contributed by atoms with Crippen molar-refractivity contribution in [2.24, 2.45) is 0 Å². The molecule has 0 aliphatic heterocycles. The molecule has 0 saturated carbocycles. The minimum Gasteiger partial charge on any atom is -0.477 e. The number of aliphatic carboxylic acids is 1. The Morgan fingerprint density at radius 1 is 1.31 bits per heavy atom. The highest BCUT2D eigenvalue weighted by Gasteiger charge is 2.11. The lowest BCUT2D eigenvalue weighted by atomic mass is 10.2. The molecule has 0 spiro atoms. The van der Waals surface area contributed by atoms with E-state index in [2.05, 4.69) is 5.32 Å². The first-order valence-corrected chi connectivity index (χ1v) is 4.95. The van der Waals surface area contributed by atoms with Crippen LogP contribution in [0.15, 0.2) is 42.1 Å². The van der Waals surface area contributed by atoms with E-state index in [-0.39, 0.29) is 5.70 Å². The zero-order chi connectivity index (χ0) is 12.0. The third-order valence-corrected chi connectivity index (χ3v) is 1.92. The van der Waals surface area contributed by atoms with E-state index in [1.54, 1.807) is 37.3 Å². The van der Waals surface area contributed by atoms with Crippen molar-refractivity contribution in [3.05, 3.63) is 47.7 Å². The van der Waals surface area contributed by atoms with E-state index in [1.165, 1.54) is 6.08 Å². The second-order valence-corrected chi connectivity index (χ2v) is 3.15. The average Bonchev–Trinajstić information content (AvgIpc) is 2.29. The van der Waals surface area contributed by atoms with Crippen LogP contribution in [0.3, 0.4) is 0 Å². The van der Waals surface area contributed by atoms with Gasteiger partial charge < -0.3 is 10.4 Å². The topological polar surface area (TPSA) is 66.4 Å². The first kappa shape index (κ1) is 12.0. The van der Waals surface area contributed by atoms with Gasteiger partial charge in [0.2, 0.25) is 0 Å². The lowest BCUT2D eigenvalue weighted by molar-refractivity contribution is -0.133. The number of hydrogen-bond acceptors (Lipinski definition) is 2. The van der Waals surface area contributed by atoms with E-state index in [9.17, 15) is 9.59 Å². The maximum Gasteiger partial charge on any atom is 0.352 e. The first-order valence-electron chi connectivity index (χ1n) is 4.95. The predicted octanol–water partition coefficient (Wildman–Crippen LogP) is 1.79. The molecular weight excluding hydrogens is 206 g/mol. The van der Waals surface area contributed by atoms with Gasteiger partial charge in [-0.25, -0.2) is 4.79 Å². The van der Waals surface area contributed by atoms with Gasteiger partial charge in [0.25, 0.3) is 5.91 Å². The summed E-state index contributed by atoms with van der Waals surface area (Å²) in [6.45, 7) is 1.80. The number of carboxylic acids is 1. The molecule has 84 valence electrons. The molecule has 4 nitrogen and oxygen atoms in total. The number of carbonyl (C=O) groups is 2. The molecule has 1 amide bonds. The van der Waals surface area contributed by atoms with Gasteiger partial charge in [-0.05, 0) is 18.6 Å². The highest BCUT2D eigenvalue weighted by atomic mass is 16.4. The highest BCUT2D eigenvalue weighted by molar-refractivity contribution is 6.00. The zero-order valence-electron chi connectivity index (χ0n) is 8.93. The molecule has 0 heterocycles. The number of benzene rings is 1. The predicted molar refractivity (Wildman–Crippen MR) is 59.9 cm³/mol. The van der Waals surface area contributed by atoms with E-state index < -0.39 is 11.9 Å². The van der Waals surface area contributed by atoms with Gasteiger partial charge in [-0.1, -0.05) is 31.2 Å². The standard InChI is InChI=1S/C12H13NO3/c1-2-6-10(12(15)16)13-11(14)9-7-4-3-5-8-9/h3-8H,2H2,1H3,(H,13,14)(H,15,16). The van der Waals surface area contributed by atoms with E-state index >= 15 is 0 Å². The molecule has 1 aromatic carbocycles. The Morgan fingerprint density at radius 2 is 1.94 bits per heavy atom. The van der Waals surface area contributed by atoms with Crippen LogP contribution in [0, 0.1) is 0 Å². The number of amides is 1.